The molecule has 100 valence electrons. The van der Waals surface area contributed by atoms with Crippen LogP contribution in [0.25, 0.3) is 0 Å². The van der Waals surface area contributed by atoms with Crippen LogP contribution in [0.4, 0.5) is 0 Å². The molecule has 2 rings (SSSR count). The summed E-state index contributed by atoms with van der Waals surface area (Å²) in [6, 6.07) is 0. The third-order valence-corrected chi connectivity index (χ3v) is 6.77. The number of hydrogen-bond donors (Lipinski definition) is 2. The van der Waals surface area contributed by atoms with Gasteiger partial charge in [-0.2, -0.15) is 0 Å². The van der Waals surface area contributed by atoms with Gasteiger partial charge in [0.15, 0.2) is 9.84 Å². The molecule has 2 aliphatic heterocycles. The molecule has 0 amide bonds. The molecule has 2 unspecified atom stereocenters. The molecule has 8 heteroatoms. The van der Waals surface area contributed by atoms with Gasteiger partial charge in [-0.3, -0.25) is 0 Å². The van der Waals surface area contributed by atoms with Crippen molar-refractivity contribution in [1.29, 1.82) is 0 Å². The molecule has 0 bridgehead atoms. The highest BCUT2D eigenvalue weighted by Crippen LogP contribution is 2.39. The van der Waals surface area contributed by atoms with Crippen LogP contribution in [0.1, 0.15) is 12.8 Å². The molecule has 0 spiro atoms. The van der Waals surface area contributed by atoms with E-state index in [1.807, 2.05) is 0 Å². The highest BCUT2D eigenvalue weighted by atomic mass is 32.2. The van der Waals surface area contributed by atoms with Gasteiger partial charge in [-0.25, -0.2) is 21.6 Å². The van der Waals surface area contributed by atoms with Crippen molar-refractivity contribution < 1.29 is 16.8 Å². The molecular formula is C9H18N2O4S2. The Balaban J connectivity index is 2.22. The average Bonchev–Trinajstić information content (AvgIpc) is 2.59. The SMILES string of the molecule is CS(=O)(=O)NCC12CCCS(=O)(=O)C1CNC2. The van der Waals surface area contributed by atoms with Gasteiger partial charge >= 0.3 is 0 Å². The Morgan fingerprint density at radius 2 is 2.18 bits per heavy atom. The number of sulfonamides is 1. The number of rotatable bonds is 3. The van der Waals surface area contributed by atoms with Crippen LogP contribution in [0.15, 0.2) is 0 Å². The standard InChI is InChI=1S/C9H18N2O4S2/c1-16(12,13)11-7-9-3-2-4-17(14,15)8(9)5-10-6-9/h8,10-11H,2-7H2,1H3. The second-order valence-electron chi connectivity index (χ2n) is 5.05. The first-order chi connectivity index (χ1) is 7.75. The van der Waals surface area contributed by atoms with Crippen LogP contribution in [0.2, 0.25) is 0 Å². The topological polar surface area (TPSA) is 92.3 Å². The van der Waals surface area contributed by atoms with Crippen molar-refractivity contribution in [2.24, 2.45) is 5.41 Å². The van der Waals surface area contributed by atoms with Gasteiger partial charge in [0, 0.05) is 25.0 Å². The molecule has 0 saturated carbocycles. The van der Waals surface area contributed by atoms with E-state index in [-0.39, 0.29) is 12.3 Å². The van der Waals surface area contributed by atoms with Crippen LogP contribution in [0, 0.1) is 5.41 Å². The summed E-state index contributed by atoms with van der Waals surface area (Å²) < 4.78 is 48.7. The van der Waals surface area contributed by atoms with Crippen molar-refractivity contribution in [1.82, 2.24) is 10.0 Å². The number of nitrogens with one attached hydrogen (secondary N) is 2. The summed E-state index contributed by atoms with van der Waals surface area (Å²) in [6.45, 7) is 1.22. The zero-order valence-electron chi connectivity index (χ0n) is 9.77. The minimum Gasteiger partial charge on any atom is -0.315 e. The van der Waals surface area contributed by atoms with Gasteiger partial charge < -0.3 is 5.32 Å². The second-order valence-corrected chi connectivity index (χ2v) is 9.18. The molecule has 2 fully saturated rings. The molecule has 2 aliphatic rings. The van der Waals surface area contributed by atoms with Gasteiger partial charge in [0.1, 0.15) is 0 Å². The molecule has 17 heavy (non-hydrogen) atoms. The molecule has 2 heterocycles. The quantitative estimate of drug-likeness (QED) is 0.671. The molecule has 2 saturated heterocycles. The predicted octanol–water partition coefficient (Wildman–Crippen LogP) is -1.30. The monoisotopic (exact) mass is 282 g/mol. The second kappa shape index (κ2) is 4.18. The van der Waals surface area contributed by atoms with E-state index in [9.17, 15) is 16.8 Å². The van der Waals surface area contributed by atoms with E-state index in [0.717, 1.165) is 12.7 Å². The number of sulfone groups is 1. The van der Waals surface area contributed by atoms with Crippen LogP contribution in [-0.4, -0.2) is 53.7 Å². The van der Waals surface area contributed by atoms with Crippen molar-refractivity contribution in [3.05, 3.63) is 0 Å². The fraction of sp³-hybridized carbons (Fsp3) is 1.00. The number of hydrogen-bond acceptors (Lipinski definition) is 5. The first-order valence-corrected chi connectivity index (χ1v) is 9.23. The smallest absolute Gasteiger partial charge is 0.208 e. The molecule has 2 atom stereocenters. The fourth-order valence-corrected chi connectivity index (χ4v) is 5.65. The van der Waals surface area contributed by atoms with E-state index in [0.29, 0.717) is 19.5 Å². The summed E-state index contributed by atoms with van der Waals surface area (Å²) in [6.07, 6.45) is 2.47. The largest absolute Gasteiger partial charge is 0.315 e. The van der Waals surface area contributed by atoms with E-state index in [1.54, 1.807) is 0 Å². The van der Waals surface area contributed by atoms with Gasteiger partial charge in [0.05, 0.1) is 17.3 Å². The van der Waals surface area contributed by atoms with Crippen LogP contribution in [0.5, 0.6) is 0 Å². The molecule has 0 aliphatic carbocycles. The van der Waals surface area contributed by atoms with E-state index >= 15 is 0 Å². The lowest BCUT2D eigenvalue weighted by Crippen LogP contribution is -2.51. The Hall–Kier alpha value is -0.180. The van der Waals surface area contributed by atoms with Gasteiger partial charge in [0.25, 0.3) is 0 Å². The lowest BCUT2D eigenvalue weighted by molar-refractivity contribution is 0.283. The van der Waals surface area contributed by atoms with E-state index in [2.05, 4.69) is 10.0 Å². The molecule has 0 aromatic heterocycles. The molecule has 6 nitrogen and oxygen atoms in total. The van der Waals surface area contributed by atoms with Gasteiger partial charge in [-0.05, 0) is 12.8 Å². The average molecular weight is 282 g/mol. The summed E-state index contributed by atoms with van der Waals surface area (Å²) >= 11 is 0. The van der Waals surface area contributed by atoms with Crippen molar-refractivity contribution in [3.8, 4) is 0 Å². The van der Waals surface area contributed by atoms with E-state index in [4.69, 9.17) is 0 Å². The van der Waals surface area contributed by atoms with Crippen molar-refractivity contribution in [3.63, 3.8) is 0 Å². The number of fused-ring (bicyclic) bond motifs is 1. The molecular weight excluding hydrogens is 264 g/mol. The Morgan fingerprint density at radius 3 is 2.82 bits per heavy atom. The van der Waals surface area contributed by atoms with Crippen molar-refractivity contribution in [2.45, 2.75) is 18.1 Å². The van der Waals surface area contributed by atoms with Gasteiger partial charge in [-0.15, -0.1) is 0 Å². The lowest BCUT2D eigenvalue weighted by Gasteiger charge is -2.37. The lowest BCUT2D eigenvalue weighted by atomic mass is 9.82. The first-order valence-electron chi connectivity index (χ1n) is 5.62. The van der Waals surface area contributed by atoms with Crippen LogP contribution < -0.4 is 10.0 Å². The normalized spacial score (nSPS) is 36.6. The maximum absolute atomic E-state index is 12.0. The zero-order chi connectivity index (χ0) is 12.7. The van der Waals surface area contributed by atoms with Crippen molar-refractivity contribution >= 4 is 19.9 Å². The summed E-state index contributed by atoms with van der Waals surface area (Å²) in [4.78, 5) is 0. The van der Waals surface area contributed by atoms with Crippen LogP contribution >= 0.6 is 0 Å². The fourth-order valence-electron chi connectivity index (χ4n) is 2.85. The first kappa shape index (κ1) is 13.3. The molecule has 0 radical (unpaired) electrons. The van der Waals surface area contributed by atoms with E-state index < -0.39 is 30.5 Å². The molecule has 2 N–H and O–H groups in total. The van der Waals surface area contributed by atoms with Gasteiger partial charge in [-0.1, -0.05) is 0 Å². The summed E-state index contributed by atoms with van der Waals surface area (Å²) in [5.41, 5.74) is -0.458. The summed E-state index contributed by atoms with van der Waals surface area (Å²) in [7, 11) is -6.36. The van der Waals surface area contributed by atoms with Crippen LogP contribution in [0.3, 0.4) is 0 Å². The third-order valence-electron chi connectivity index (χ3n) is 3.71. The maximum Gasteiger partial charge on any atom is 0.208 e. The summed E-state index contributed by atoms with van der Waals surface area (Å²) in [5, 5.41) is 2.64. The van der Waals surface area contributed by atoms with E-state index in [1.165, 1.54) is 0 Å². The molecule has 0 aromatic carbocycles. The Kier molecular flexibility index (Phi) is 3.26. The predicted molar refractivity (Wildman–Crippen MR) is 65.0 cm³/mol. The molecule has 0 aromatic rings. The summed E-state index contributed by atoms with van der Waals surface area (Å²) in [5.74, 6) is 0.222. The Morgan fingerprint density at radius 1 is 1.47 bits per heavy atom. The Labute approximate surface area is 102 Å². The Bertz CT molecular complexity index is 499. The third kappa shape index (κ3) is 2.64. The minimum absolute atomic E-state index is 0.211. The maximum atomic E-state index is 12.0. The highest BCUT2D eigenvalue weighted by Gasteiger charge is 2.51. The highest BCUT2D eigenvalue weighted by molar-refractivity contribution is 7.92. The minimum atomic E-state index is -3.28. The van der Waals surface area contributed by atoms with Crippen LogP contribution in [-0.2, 0) is 19.9 Å². The van der Waals surface area contributed by atoms with Gasteiger partial charge in [0.2, 0.25) is 10.0 Å². The zero-order valence-corrected chi connectivity index (χ0v) is 11.4. The van der Waals surface area contributed by atoms with Crippen molar-refractivity contribution in [2.75, 3.05) is 31.6 Å².